The van der Waals surface area contributed by atoms with Crippen molar-refractivity contribution in [3.8, 4) is 11.5 Å². The highest BCUT2D eigenvalue weighted by Gasteiger charge is 2.36. The Morgan fingerprint density at radius 2 is 1.83 bits per heavy atom. The maximum Gasteiger partial charge on any atom is 0.264 e. The number of fused-ring (bicyclic) bond motifs is 3. The van der Waals surface area contributed by atoms with Crippen LogP contribution >= 0.6 is 23.2 Å². The first-order valence-corrected chi connectivity index (χ1v) is 9.01. The molecular weight excluding hydrogens is 361 g/mol. The summed E-state index contributed by atoms with van der Waals surface area (Å²) in [5, 5.41) is -0.309. The number of rotatable bonds is 0. The average Bonchev–Trinajstić information content (AvgIpc) is 2.97. The number of benzene rings is 2. The highest BCUT2D eigenvalue weighted by Crippen LogP contribution is 2.48. The molecule has 0 bridgehead atoms. The van der Waals surface area contributed by atoms with Crippen LogP contribution in [-0.2, 0) is 10.0 Å². The molecular formula is C15H11Cl2NO4S. The van der Waals surface area contributed by atoms with E-state index >= 15 is 0 Å². The summed E-state index contributed by atoms with van der Waals surface area (Å²) in [6.07, 6.45) is 0. The third kappa shape index (κ3) is 2.09. The second-order valence-corrected chi connectivity index (χ2v) is 8.09. The quantitative estimate of drug-likeness (QED) is 0.664. The summed E-state index contributed by atoms with van der Waals surface area (Å²) >= 11 is 12.6. The highest BCUT2D eigenvalue weighted by molar-refractivity contribution is 7.92. The van der Waals surface area contributed by atoms with Crippen molar-refractivity contribution < 1.29 is 17.9 Å². The predicted octanol–water partition coefficient (Wildman–Crippen LogP) is 3.54. The van der Waals surface area contributed by atoms with E-state index in [4.69, 9.17) is 32.7 Å². The van der Waals surface area contributed by atoms with Gasteiger partial charge in [-0.05, 0) is 23.8 Å². The monoisotopic (exact) mass is 371 g/mol. The van der Waals surface area contributed by atoms with Gasteiger partial charge in [0, 0.05) is 23.7 Å². The number of hydrogen-bond donors (Lipinski definition) is 0. The molecule has 2 aromatic rings. The third-order valence-corrected chi connectivity index (χ3v) is 6.55. The lowest BCUT2D eigenvalue weighted by molar-refractivity contribution is 0.174. The van der Waals surface area contributed by atoms with E-state index in [1.807, 2.05) is 0 Å². The Balaban J connectivity index is 2.05. The number of hydrogen-bond acceptors (Lipinski definition) is 4. The lowest BCUT2D eigenvalue weighted by atomic mass is 10.0. The first kappa shape index (κ1) is 14.9. The minimum atomic E-state index is -3.78. The SMILES string of the molecule is CN1c2cc3c(cc2C(Cl)c2ccc(Cl)cc2S1(=O)=O)OCO3. The minimum absolute atomic E-state index is 0.102. The molecule has 1 atom stereocenters. The largest absolute Gasteiger partial charge is 0.454 e. The van der Waals surface area contributed by atoms with Gasteiger partial charge in [0.05, 0.1) is 16.0 Å². The molecule has 2 aliphatic heterocycles. The van der Waals surface area contributed by atoms with Crippen molar-refractivity contribution >= 4 is 38.9 Å². The fourth-order valence-corrected chi connectivity index (χ4v) is 4.95. The molecule has 1 unspecified atom stereocenters. The van der Waals surface area contributed by atoms with Crippen LogP contribution < -0.4 is 13.8 Å². The summed E-state index contributed by atoms with van der Waals surface area (Å²) in [6, 6.07) is 8.05. The van der Waals surface area contributed by atoms with Gasteiger partial charge in [-0.1, -0.05) is 17.7 Å². The summed E-state index contributed by atoms with van der Waals surface area (Å²) in [6.45, 7) is 0.105. The molecule has 4 rings (SSSR count). The molecule has 8 heteroatoms. The Morgan fingerprint density at radius 1 is 1.13 bits per heavy atom. The van der Waals surface area contributed by atoms with Crippen molar-refractivity contribution in [3.05, 3.63) is 46.5 Å². The van der Waals surface area contributed by atoms with Crippen molar-refractivity contribution in [1.29, 1.82) is 0 Å². The molecule has 0 spiro atoms. The van der Waals surface area contributed by atoms with E-state index in [0.29, 0.717) is 33.3 Å². The lowest BCUT2D eigenvalue weighted by Gasteiger charge is -2.20. The number of alkyl halides is 1. The van der Waals surface area contributed by atoms with Crippen LogP contribution in [0.4, 0.5) is 5.69 Å². The second-order valence-electron chi connectivity index (χ2n) is 5.28. The van der Waals surface area contributed by atoms with Gasteiger partial charge in [-0.15, -0.1) is 11.6 Å². The molecule has 0 saturated heterocycles. The smallest absolute Gasteiger partial charge is 0.264 e. The van der Waals surface area contributed by atoms with Gasteiger partial charge in [0.15, 0.2) is 11.5 Å². The van der Waals surface area contributed by atoms with Crippen molar-refractivity contribution in [2.45, 2.75) is 10.3 Å². The zero-order valence-corrected chi connectivity index (χ0v) is 14.2. The summed E-state index contributed by atoms with van der Waals surface area (Å²) in [7, 11) is -2.29. The van der Waals surface area contributed by atoms with Crippen LogP contribution in [-0.4, -0.2) is 22.3 Å². The van der Waals surface area contributed by atoms with E-state index in [9.17, 15) is 8.42 Å². The maximum atomic E-state index is 12.9. The Hall–Kier alpha value is -1.63. The van der Waals surface area contributed by atoms with Crippen LogP contribution in [0.25, 0.3) is 0 Å². The molecule has 5 nitrogen and oxygen atoms in total. The molecule has 2 heterocycles. The molecule has 2 aliphatic rings. The molecule has 120 valence electrons. The van der Waals surface area contributed by atoms with Gasteiger partial charge in [-0.2, -0.15) is 0 Å². The van der Waals surface area contributed by atoms with Gasteiger partial charge in [-0.3, -0.25) is 4.31 Å². The van der Waals surface area contributed by atoms with Crippen LogP contribution in [0.1, 0.15) is 16.5 Å². The van der Waals surface area contributed by atoms with Crippen molar-refractivity contribution in [2.75, 3.05) is 18.1 Å². The topological polar surface area (TPSA) is 55.8 Å². The highest BCUT2D eigenvalue weighted by atomic mass is 35.5. The van der Waals surface area contributed by atoms with Crippen LogP contribution in [0, 0.1) is 0 Å². The van der Waals surface area contributed by atoms with Gasteiger partial charge in [-0.25, -0.2) is 8.42 Å². The number of anilines is 1. The summed E-state index contributed by atoms with van der Waals surface area (Å²) in [4.78, 5) is 0.102. The fourth-order valence-electron chi connectivity index (χ4n) is 2.81. The van der Waals surface area contributed by atoms with Crippen molar-refractivity contribution in [1.82, 2.24) is 0 Å². The predicted molar refractivity (Wildman–Crippen MR) is 87.3 cm³/mol. The fraction of sp³-hybridized carbons (Fsp3) is 0.200. The molecule has 0 saturated carbocycles. The van der Waals surface area contributed by atoms with E-state index < -0.39 is 15.4 Å². The first-order valence-electron chi connectivity index (χ1n) is 6.75. The van der Waals surface area contributed by atoms with Crippen LogP contribution in [0.3, 0.4) is 0 Å². The van der Waals surface area contributed by atoms with Crippen LogP contribution in [0.15, 0.2) is 35.2 Å². The van der Waals surface area contributed by atoms with Crippen LogP contribution in [0.2, 0.25) is 5.02 Å². The van der Waals surface area contributed by atoms with Crippen molar-refractivity contribution in [2.24, 2.45) is 0 Å². The Morgan fingerprint density at radius 3 is 2.57 bits per heavy atom. The van der Waals surface area contributed by atoms with Crippen molar-refractivity contribution in [3.63, 3.8) is 0 Å². The molecule has 0 aliphatic carbocycles. The zero-order chi connectivity index (χ0) is 16.4. The molecule has 23 heavy (non-hydrogen) atoms. The van der Waals surface area contributed by atoms with E-state index in [1.165, 1.54) is 17.4 Å². The number of sulfonamides is 1. The molecule has 0 aromatic heterocycles. The Labute approximate surface area is 143 Å². The molecule has 0 N–H and O–H groups in total. The molecule has 0 radical (unpaired) electrons. The molecule has 0 fully saturated rings. The summed E-state index contributed by atoms with van der Waals surface area (Å²) < 4.78 is 37.8. The molecule has 2 aromatic carbocycles. The minimum Gasteiger partial charge on any atom is -0.454 e. The number of ether oxygens (including phenoxy) is 2. The van der Waals surface area contributed by atoms with Gasteiger partial charge in [0.2, 0.25) is 6.79 Å². The normalized spacial score (nSPS) is 20.7. The van der Waals surface area contributed by atoms with Gasteiger partial charge in [0.25, 0.3) is 10.0 Å². The lowest BCUT2D eigenvalue weighted by Crippen LogP contribution is -2.26. The average molecular weight is 372 g/mol. The van der Waals surface area contributed by atoms with Crippen LogP contribution in [0.5, 0.6) is 11.5 Å². The van der Waals surface area contributed by atoms with E-state index in [1.54, 1.807) is 24.3 Å². The van der Waals surface area contributed by atoms with E-state index in [0.717, 1.165) is 0 Å². The third-order valence-electron chi connectivity index (χ3n) is 4.02. The van der Waals surface area contributed by atoms with Gasteiger partial charge in [0.1, 0.15) is 0 Å². The van der Waals surface area contributed by atoms with E-state index in [-0.39, 0.29) is 11.7 Å². The van der Waals surface area contributed by atoms with Gasteiger partial charge < -0.3 is 9.47 Å². The Bertz CT molecular complexity index is 929. The zero-order valence-electron chi connectivity index (χ0n) is 11.9. The van der Waals surface area contributed by atoms with Gasteiger partial charge >= 0.3 is 0 Å². The second kappa shape index (κ2) is 4.93. The summed E-state index contributed by atoms with van der Waals surface area (Å²) in [5.74, 6) is 1.05. The summed E-state index contributed by atoms with van der Waals surface area (Å²) in [5.41, 5.74) is 1.59. The Kier molecular flexibility index (Phi) is 3.20. The molecule has 0 amide bonds. The standard InChI is InChI=1S/C15H11Cl2NO4S/c1-18-11-6-13-12(21-7-22-13)5-10(11)15(17)9-3-2-8(16)4-14(9)23(18,19)20/h2-6,15H,7H2,1H3. The maximum absolute atomic E-state index is 12.9. The number of nitrogens with zero attached hydrogens (tertiary/aromatic N) is 1. The van der Waals surface area contributed by atoms with E-state index in [2.05, 4.69) is 0 Å². The number of halogens is 2. The first-order chi connectivity index (χ1) is 10.9.